The lowest BCUT2D eigenvalue weighted by atomic mass is 10.1. The number of nitrogens with zero attached hydrogens (tertiary/aromatic N) is 1. The molecule has 1 amide bonds. The zero-order valence-corrected chi connectivity index (χ0v) is 12.9. The number of pyridine rings is 1. The van der Waals surface area contributed by atoms with Crippen LogP contribution in [0, 0.1) is 0 Å². The minimum atomic E-state index is -1.60. The van der Waals surface area contributed by atoms with Crippen LogP contribution in [0.2, 0.25) is 0 Å². The Labute approximate surface area is 128 Å². The number of carboxylic acids is 1. The van der Waals surface area contributed by atoms with Gasteiger partial charge in [-0.15, -0.1) is 0 Å². The summed E-state index contributed by atoms with van der Waals surface area (Å²) in [5.41, 5.74) is -0.727. The van der Waals surface area contributed by atoms with Gasteiger partial charge in [-0.3, -0.25) is 0 Å². The topological polar surface area (TPSA) is 118 Å². The smallest absolute Gasteiger partial charge is 0.408 e. The zero-order valence-electron chi connectivity index (χ0n) is 12.9. The maximum absolute atomic E-state index is 11.7. The largest absolute Gasteiger partial charge is 0.481 e. The number of alkyl carbamates (subject to hydrolysis) is 1. The lowest BCUT2D eigenvalue weighted by Crippen LogP contribution is -2.47. The maximum atomic E-state index is 11.7. The molecule has 0 saturated carbocycles. The second-order valence-electron chi connectivity index (χ2n) is 5.51. The molecule has 1 aromatic heterocycles. The van der Waals surface area contributed by atoms with Gasteiger partial charge >= 0.3 is 12.1 Å². The summed E-state index contributed by atoms with van der Waals surface area (Å²) >= 11 is 0. The Bertz CT molecular complexity index is 540. The van der Waals surface area contributed by atoms with Gasteiger partial charge in [0.25, 0.3) is 0 Å². The molecule has 0 aliphatic heterocycles. The van der Waals surface area contributed by atoms with Gasteiger partial charge in [-0.1, -0.05) is 6.07 Å². The van der Waals surface area contributed by atoms with Crippen LogP contribution in [-0.4, -0.2) is 46.0 Å². The van der Waals surface area contributed by atoms with Crippen LogP contribution in [0.15, 0.2) is 18.2 Å². The monoisotopic (exact) mass is 312 g/mol. The predicted molar refractivity (Wildman–Crippen MR) is 76.5 cm³/mol. The minimum Gasteiger partial charge on any atom is -0.481 e. The van der Waals surface area contributed by atoms with Crippen LogP contribution >= 0.6 is 0 Å². The number of carboxylic acid groups (broad SMARTS) is 1. The molecule has 0 aliphatic carbocycles. The van der Waals surface area contributed by atoms with Crippen LogP contribution in [0.4, 0.5) is 4.79 Å². The lowest BCUT2D eigenvalue weighted by Gasteiger charge is -2.24. The first-order chi connectivity index (χ1) is 10.1. The van der Waals surface area contributed by atoms with Crippen molar-refractivity contribution < 1.29 is 29.3 Å². The summed E-state index contributed by atoms with van der Waals surface area (Å²) in [4.78, 5) is 26.9. The number of aliphatic carboxylic acids is 1. The molecule has 0 radical (unpaired) electrons. The van der Waals surface area contributed by atoms with Gasteiger partial charge in [-0.05, 0) is 26.8 Å². The van der Waals surface area contributed by atoms with Crippen LogP contribution in [0.1, 0.15) is 32.6 Å². The normalized spacial score (nSPS) is 13.9. The highest BCUT2D eigenvalue weighted by atomic mass is 16.6. The van der Waals surface area contributed by atoms with E-state index in [1.165, 1.54) is 13.2 Å². The SMILES string of the molecule is COc1cccc([C@@H](O)[C@H](NC(=O)OC(C)(C)C)C(=O)O)n1. The number of amides is 1. The summed E-state index contributed by atoms with van der Waals surface area (Å²) < 4.78 is 9.89. The van der Waals surface area contributed by atoms with Gasteiger partial charge < -0.3 is 25.0 Å². The summed E-state index contributed by atoms with van der Waals surface area (Å²) in [5, 5.41) is 21.5. The molecule has 0 fully saturated rings. The molecule has 8 nitrogen and oxygen atoms in total. The summed E-state index contributed by atoms with van der Waals surface area (Å²) in [5.74, 6) is -1.19. The number of hydrogen-bond donors (Lipinski definition) is 3. The highest BCUT2D eigenvalue weighted by Gasteiger charge is 2.32. The van der Waals surface area contributed by atoms with Gasteiger partial charge in [-0.25, -0.2) is 14.6 Å². The Hall–Kier alpha value is -2.35. The van der Waals surface area contributed by atoms with Gasteiger partial charge in [0.2, 0.25) is 5.88 Å². The van der Waals surface area contributed by atoms with E-state index in [1.807, 2.05) is 0 Å². The number of carbonyl (C=O) groups is 2. The van der Waals surface area contributed by atoms with E-state index in [2.05, 4.69) is 10.3 Å². The third kappa shape index (κ3) is 5.21. The summed E-state index contributed by atoms with van der Waals surface area (Å²) in [6.07, 6.45) is -2.50. The van der Waals surface area contributed by atoms with Gasteiger partial charge in [-0.2, -0.15) is 0 Å². The molecule has 1 heterocycles. The first kappa shape index (κ1) is 17.7. The first-order valence-corrected chi connectivity index (χ1v) is 6.55. The van der Waals surface area contributed by atoms with E-state index in [0.717, 1.165) is 0 Å². The van der Waals surface area contributed by atoms with Crippen LogP contribution < -0.4 is 10.1 Å². The fourth-order valence-electron chi connectivity index (χ4n) is 1.59. The Morgan fingerprint density at radius 3 is 2.45 bits per heavy atom. The third-order valence-corrected chi connectivity index (χ3v) is 2.51. The molecule has 0 saturated heterocycles. The minimum absolute atomic E-state index is 0.0582. The molecule has 8 heteroatoms. The number of aromatic nitrogens is 1. The number of ether oxygens (including phenoxy) is 2. The second kappa shape index (κ2) is 7.08. The molecule has 122 valence electrons. The van der Waals surface area contributed by atoms with Gasteiger partial charge in [0, 0.05) is 6.07 Å². The highest BCUT2D eigenvalue weighted by Crippen LogP contribution is 2.18. The number of aliphatic hydroxyl groups excluding tert-OH is 1. The number of methoxy groups -OCH3 is 1. The van der Waals surface area contributed by atoms with E-state index in [0.29, 0.717) is 0 Å². The number of hydrogen-bond acceptors (Lipinski definition) is 6. The van der Waals surface area contributed by atoms with Crippen molar-refractivity contribution in [1.82, 2.24) is 10.3 Å². The van der Waals surface area contributed by atoms with E-state index in [1.54, 1.807) is 32.9 Å². The van der Waals surface area contributed by atoms with Crippen molar-refractivity contribution in [2.75, 3.05) is 7.11 Å². The molecule has 0 bridgehead atoms. The van der Waals surface area contributed by atoms with Crippen molar-refractivity contribution in [2.24, 2.45) is 0 Å². The van der Waals surface area contributed by atoms with Crippen molar-refractivity contribution in [2.45, 2.75) is 38.5 Å². The van der Waals surface area contributed by atoms with Crippen LogP contribution in [-0.2, 0) is 9.53 Å². The van der Waals surface area contributed by atoms with Crippen molar-refractivity contribution in [3.63, 3.8) is 0 Å². The van der Waals surface area contributed by atoms with E-state index in [9.17, 15) is 19.8 Å². The van der Waals surface area contributed by atoms with E-state index >= 15 is 0 Å². The molecule has 0 aliphatic rings. The fraction of sp³-hybridized carbons (Fsp3) is 0.500. The molecule has 22 heavy (non-hydrogen) atoms. The predicted octanol–water partition coefficient (Wildman–Crippen LogP) is 1.10. The van der Waals surface area contributed by atoms with Crippen LogP contribution in [0.25, 0.3) is 0 Å². The number of nitrogens with one attached hydrogen (secondary N) is 1. The first-order valence-electron chi connectivity index (χ1n) is 6.55. The van der Waals surface area contributed by atoms with E-state index in [4.69, 9.17) is 9.47 Å². The van der Waals surface area contributed by atoms with Crippen molar-refractivity contribution >= 4 is 12.1 Å². The molecule has 2 atom stereocenters. The summed E-state index contributed by atoms with van der Waals surface area (Å²) in [6.45, 7) is 4.92. The Morgan fingerprint density at radius 2 is 1.95 bits per heavy atom. The van der Waals surface area contributed by atoms with Crippen molar-refractivity contribution in [3.05, 3.63) is 23.9 Å². The number of aliphatic hydroxyl groups is 1. The fourth-order valence-corrected chi connectivity index (χ4v) is 1.59. The Balaban J connectivity index is 2.90. The Kier molecular flexibility index (Phi) is 5.69. The number of carbonyl (C=O) groups excluding carboxylic acids is 1. The average Bonchev–Trinajstić information content (AvgIpc) is 2.42. The van der Waals surface area contributed by atoms with Gasteiger partial charge in [0.15, 0.2) is 6.04 Å². The van der Waals surface area contributed by atoms with Crippen molar-refractivity contribution in [3.8, 4) is 5.88 Å². The van der Waals surface area contributed by atoms with E-state index < -0.39 is 29.8 Å². The second-order valence-corrected chi connectivity index (χ2v) is 5.51. The van der Waals surface area contributed by atoms with Crippen molar-refractivity contribution in [1.29, 1.82) is 0 Å². The molecule has 1 aromatic rings. The highest BCUT2D eigenvalue weighted by molar-refractivity contribution is 5.80. The molecule has 0 spiro atoms. The molecule has 0 unspecified atom stereocenters. The molecule has 3 N–H and O–H groups in total. The molecule has 0 aromatic carbocycles. The molecule has 1 rings (SSSR count). The molecular weight excluding hydrogens is 292 g/mol. The summed E-state index contributed by atoms with van der Waals surface area (Å²) in [7, 11) is 1.39. The zero-order chi connectivity index (χ0) is 16.9. The van der Waals surface area contributed by atoms with Crippen LogP contribution in [0.3, 0.4) is 0 Å². The van der Waals surface area contributed by atoms with Crippen LogP contribution in [0.5, 0.6) is 5.88 Å². The maximum Gasteiger partial charge on any atom is 0.408 e. The standard InChI is InChI=1S/C14H20N2O6/c1-14(2,3)22-13(20)16-10(12(18)19)11(17)8-6-5-7-9(15-8)21-4/h5-7,10-11,17H,1-4H3,(H,16,20)(H,18,19)/t10-,11+/m0/s1. The molecular formula is C14H20N2O6. The number of rotatable bonds is 5. The Morgan fingerprint density at radius 1 is 1.32 bits per heavy atom. The van der Waals surface area contributed by atoms with E-state index in [-0.39, 0.29) is 11.6 Å². The summed E-state index contributed by atoms with van der Waals surface area (Å²) in [6, 6.07) is 2.93. The average molecular weight is 312 g/mol. The third-order valence-electron chi connectivity index (χ3n) is 2.51. The quantitative estimate of drug-likeness (QED) is 0.745. The van der Waals surface area contributed by atoms with Gasteiger partial charge in [0.1, 0.15) is 11.7 Å². The lowest BCUT2D eigenvalue weighted by molar-refractivity contribution is -0.142. The van der Waals surface area contributed by atoms with Gasteiger partial charge in [0.05, 0.1) is 12.8 Å².